The maximum atomic E-state index is 14.6. The fourth-order valence-electron chi connectivity index (χ4n) is 3.28. The number of amidine groups is 1. The van der Waals surface area contributed by atoms with Crippen molar-refractivity contribution in [2.45, 2.75) is 37.6 Å². The van der Waals surface area contributed by atoms with Gasteiger partial charge in [-0.15, -0.1) is 0 Å². The molecule has 2 atom stereocenters. The van der Waals surface area contributed by atoms with Gasteiger partial charge in [0.2, 0.25) is 6.86 Å². The van der Waals surface area contributed by atoms with Crippen molar-refractivity contribution in [3.05, 3.63) is 59.2 Å². The number of aromatic nitrogens is 1. The lowest BCUT2D eigenvalue weighted by Crippen LogP contribution is -2.46. The van der Waals surface area contributed by atoms with Gasteiger partial charge in [0.05, 0.1) is 11.7 Å². The first kappa shape index (κ1) is 22.4. The molecule has 1 aromatic heterocycles. The van der Waals surface area contributed by atoms with Crippen molar-refractivity contribution in [1.82, 2.24) is 4.98 Å². The number of nitrogens with zero attached hydrogens (tertiary/aromatic N) is 2. The number of aliphatic imine (C=N–C) groups is 1. The number of ether oxygens (including phenoxy) is 2. The van der Waals surface area contributed by atoms with Gasteiger partial charge in [-0.25, -0.2) is 18.8 Å². The van der Waals surface area contributed by atoms with E-state index in [9.17, 15) is 26.7 Å². The standard InChI is InChI=1S/C20H18F5N3O3/c1-19(8-17(20(23,24)25)31-18(26)28-19)13-6-11(2-4-14(13)22)7-16(29)15-5-3-12(9-27-15)30-10-21/h2-6,9,17H,7-8,10H2,1H3,(H2,26,28)/t17-,19-/m0/s1. The summed E-state index contributed by atoms with van der Waals surface area (Å²) in [5, 5.41) is 0. The van der Waals surface area contributed by atoms with Gasteiger partial charge in [-0.1, -0.05) is 6.07 Å². The molecule has 0 unspecified atom stereocenters. The lowest BCUT2D eigenvalue weighted by atomic mass is 9.84. The Morgan fingerprint density at radius 1 is 1.32 bits per heavy atom. The molecule has 0 saturated heterocycles. The maximum absolute atomic E-state index is 14.6. The minimum atomic E-state index is -4.71. The average molecular weight is 443 g/mol. The van der Waals surface area contributed by atoms with Gasteiger partial charge >= 0.3 is 6.18 Å². The lowest BCUT2D eigenvalue weighted by molar-refractivity contribution is -0.208. The quantitative estimate of drug-likeness (QED) is 0.542. The first-order valence-corrected chi connectivity index (χ1v) is 9.07. The zero-order valence-corrected chi connectivity index (χ0v) is 16.2. The van der Waals surface area contributed by atoms with Crippen molar-refractivity contribution in [3.63, 3.8) is 0 Å². The lowest BCUT2D eigenvalue weighted by Gasteiger charge is -2.36. The molecule has 0 amide bonds. The van der Waals surface area contributed by atoms with E-state index in [0.717, 1.165) is 6.07 Å². The molecule has 166 valence electrons. The monoisotopic (exact) mass is 443 g/mol. The Morgan fingerprint density at radius 3 is 2.68 bits per heavy atom. The Hall–Kier alpha value is -3.24. The Balaban J connectivity index is 1.86. The topological polar surface area (TPSA) is 86.8 Å². The van der Waals surface area contributed by atoms with Crippen molar-refractivity contribution >= 4 is 11.8 Å². The van der Waals surface area contributed by atoms with Crippen molar-refractivity contribution in [1.29, 1.82) is 0 Å². The molecule has 11 heteroatoms. The summed E-state index contributed by atoms with van der Waals surface area (Å²) in [7, 11) is 0. The zero-order chi connectivity index (χ0) is 22.8. The van der Waals surface area contributed by atoms with E-state index in [1.54, 1.807) is 0 Å². The SMILES string of the molecule is C[C@@]1(c2cc(CC(=O)c3ccc(OCF)cn3)ccc2F)C[C@@H](C(F)(F)F)OC(N)=N1. The molecule has 2 N–H and O–H groups in total. The minimum absolute atomic E-state index is 0.0637. The summed E-state index contributed by atoms with van der Waals surface area (Å²) >= 11 is 0. The van der Waals surface area contributed by atoms with Gasteiger partial charge in [-0.3, -0.25) is 4.79 Å². The number of rotatable bonds is 6. The highest BCUT2D eigenvalue weighted by Gasteiger charge is 2.50. The molecular weight excluding hydrogens is 425 g/mol. The van der Waals surface area contributed by atoms with Crippen LogP contribution in [0.1, 0.15) is 35.0 Å². The van der Waals surface area contributed by atoms with Crippen LogP contribution in [0.15, 0.2) is 41.5 Å². The highest BCUT2D eigenvalue weighted by molar-refractivity contribution is 5.95. The molecule has 6 nitrogen and oxygen atoms in total. The highest BCUT2D eigenvalue weighted by atomic mass is 19.4. The van der Waals surface area contributed by atoms with Gasteiger partial charge in [0, 0.05) is 18.4 Å². The minimum Gasteiger partial charge on any atom is -0.461 e. The van der Waals surface area contributed by atoms with Gasteiger partial charge in [0.25, 0.3) is 6.02 Å². The Morgan fingerprint density at radius 2 is 2.06 bits per heavy atom. The number of halogens is 5. The molecule has 0 bridgehead atoms. The Bertz CT molecular complexity index is 995. The number of hydrogen-bond donors (Lipinski definition) is 1. The first-order valence-electron chi connectivity index (χ1n) is 9.07. The summed E-state index contributed by atoms with van der Waals surface area (Å²) in [4.78, 5) is 20.3. The fraction of sp³-hybridized carbons (Fsp3) is 0.350. The van der Waals surface area contributed by atoms with Crippen LogP contribution in [-0.4, -0.2) is 35.9 Å². The molecule has 2 aromatic rings. The molecule has 0 radical (unpaired) electrons. The van der Waals surface area contributed by atoms with E-state index in [1.165, 1.54) is 37.4 Å². The summed E-state index contributed by atoms with van der Waals surface area (Å²) in [6.45, 7) is 0.273. The third kappa shape index (κ3) is 5.09. The van der Waals surface area contributed by atoms with Crippen LogP contribution in [0, 0.1) is 5.82 Å². The second-order valence-electron chi connectivity index (χ2n) is 7.12. The van der Waals surface area contributed by atoms with Crippen LogP contribution in [0.4, 0.5) is 22.0 Å². The van der Waals surface area contributed by atoms with Gasteiger partial charge in [0.1, 0.15) is 17.3 Å². The number of nitrogens with two attached hydrogens (primary N) is 1. The maximum Gasteiger partial charge on any atom is 0.425 e. The number of benzene rings is 1. The molecule has 0 saturated carbocycles. The van der Waals surface area contributed by atoms with Crippen LogP contribution < -0.4 is 10.5 Å². The molecule has 31 heavy (non-hydrogen) atoms. The third-order valence-electron chi connectivity index (χ3n) is 4.79. The number of hydrogen-bond acceptors (Lipinski definition) is 6. The van der Waals surface area contributed by atoms with Crippen molar-refractivity contribution < 1.29 is 36.2 Å². The predicted octanol–water partition coefficient (Wildman–Crippen LogP) is 3.83. The van der Waals surface area contributed by atoms with E-state index in [2.05, 4.69) is 19.5 Å². The Kier molecular flexibility index (Phi) is 6.14. The van der Waals surface area contributed by atoms with Crippen LogP contribution >= 0.6 is 0 Å². The molecule has 0 aliphatic carbocycles. The fourth-order valence-corrected chi connectivity index (χ4v) is 3.28. The normalized spacial score (nSPS) is 21.2. The number of alkyl halides is 4. The summed E-state index contributed by atoms with van der Waals surface area (Å²) < 4.78 is 75.4. The molecule has 2 heterocycles. The number of pyridine rings is 1. The number of carbonyl (C=O) groups is 1. The highest BCUT2D eigenvalue weighted by Crippen LogP contribution is 2.41. The van der Waals surface area contributed by atoms with E-state index in [-0.39, 0.29) is 23.4 Å². The largest absolute Gasteiger partial charge is 0.461 e. The number of carbonyl (C=O) groups excluding carboxylic acids is 1. The van der Waals surface area contributed by atoms with Gasteiger partial charge in [-0.2, -0.15) is 13.2 Å². The molecular formula is C20H18F5N3O3. The van der Waals surface area contributed by atoms with Crippen LogP contribution in [0.3, 0.4) is 0 Å². The van der Waals surface area contributed by atoms with Crippen molar-refractivity contribution in [3.8, 4) is 5.75 Å². The molecule has 1 aliphatic heterocycles. The molecule has 1 aliphatic rings. The first-order chi connectivity index (χ1) is 14.5. The zero-order valence-electron chi connectivity index (χ0n) is 16.2. The van der Waals surface area contributed by atoms with Crippen LogP contribution in [0.2, 0.25) is 0 Å². The van der Waals surface area contributed by atoms with Gasteiger partial charge < -0.3 is 15.2 Å². The van der Waals surface area contributed by atoms with Crippen molar-refractivity contribution in [2.24, 2.45) is 10.7 Å². The summed E-state index contributed by atoms with van der Waals surface area (Å²) in [6, 6.07) is 5.69. The van der Waals surface area contributed by atoms with E-state index in [1.807, 2.05) is 0 Å². The molecule has 0 spiro atoms. The Labute approximate surface area is 173 Å². The smallest absolute Gasteiger partial charge is 0.425 e. The summed E-state index contributed by atoms with van der Waals surface area (Å²) in [6.07, 6.45) is -6.65. The molecule has 3 rings (SSSR count). The molecule has 0 fully saturated rings. The van der Waals surface area contributed by atoms with Crippen molar-refractivity contribution in [2.75, 3.05) is 6.86 Å². The second kappa shape index (κ2) is 8.48. The van der Waals surface area contributed by atoms with Gasteiger partial charge in [-0.05, 0) is 36.8 Å². The third-order valence-corrected chi connectivity index (χ3v) is 4.79. The van der Waals surface area contributed by atoms with Crippen LogP contribution in [-0.2, 0) is 16.7 Å². The van der Waals surface area contributed by atoms with Crippen LogP contribution in [0.25, 0.3) is 0 Å². The second-order valence-corrected chi connectivity index (χ2v) is 7.12. The average Bonchev–Trinajstić information content (AvgIpc) is 2.69. The number of Topliss-reactive ketones (excluding diaryl/α,β-unsaturated/α-hetero) is 1. The predicted molar refractivity (Wildman–Crippen MR) is 99.8 cm³/mol. The summed E-state index contributed by atoms with van der Waals surface area (Å²) in [5.74, 6) is -1.08. The number of ketones is 1. The van der Waals surface area contributed by atoms with Crippen LogP contribution in [0.5, 0.6) is 5.75 Å². The van der Waals surface area contributed by atoms with E-state index in [0.29, 0.717) is 5.56 Å². The van der Waals surface area contributed by atoms with E-state index in [4.69, 9.17) is 5.73 Å². The van der Waals surface area contributed by atoms with E-state index < -0.39 is 48.7 Å². The van der Waals surface area contributed by atoms with E-state index >= 15 is 0 Å². The summed E-state index contributed by atoms with van der Waals surface area (Å²) in [5.41, 5.74) is 4.05. The molecule has 1 aromatic carbocycles. The van der Waals surface area contributed by atoms with Gasteiger partial charge in [0.15, 0.2) is 11.9 Å².